The summed E-state index contributed by atoms with van der Waals surface area (Å²) in [5.74, 6) is -0.312. The number of carbonyl (C=O) groups is 1. The molecule has 31 heavy (non-hydrogen) atoms. The largest absolute Gasteiger partial charge is 0.464 e. The van der Waals surface area contributed by atoms with Crippen LogP contribution in [0.2, 0.25) is 5.02 Å². The van der Waals surface area contributed by atoms with E-state index in [1.54, 1.807) is 24.5 Å². The Balaban J connectivity index is 1.60. The van der Waals surface area contributed by atoms with Crippen LogP contribution >= 0.6 is 34.7 Å². The summed E-state index contributed by atoms with van der Waals surface area (Å²) in [6.07, 6.45) is 3.14. The molecule has 1 N–H and O–H groups in total. The van der Waals surface area contributed by atoms with E-state index in [0.717, 1.165) is 11.8 Å². The van der Waals surface area contributed by atoms with E-state index in [2.05, 4.69) is 16.9 Å². The third-order valence-electron chi connectivity index (χ3n) is 4.29. The van der Waals surface area contributed by atoms with Gasteiger partial charge in [0.15, 0.2) is 5.16 Å². The lowest BCUT2D eigenvalue weighted by Crippen LogP contribution is -2.23. The number of halogens is 2. The maximum absolute atomic E-state index is 13.3. The van der Waals surface area contributed by atoms with Crippen LogP contribution in [-0.4, -0.2) is 21.2 Å². The van der Waals surface area contributed by atoms with Gasteiger partial charge in [-0.05, 0) is 30.3 Å². The van der Waals surface area contributed by atoms with Gasteiger partial charge in [0.25, 0.3) is 5.56 Å². The van der Waals surface area contributed by atoms with Gasteiger partial charge in [0.05, 0.1) is 22.4 Å². The van der Waals surface area contributed by atoms with Crippen LogP contribution in [-0.2, 0) is 11.3 Å². The molecule has 0 saturated heterocycles. The van der Waals surface area contributed by atoms with Crippen LogP contribution in [0.3, 0.4) is 0 Å². The Morgan fingerprint density at radius 2 is 2.26 bits per heavy atom. The molecular formula is C21H15ClFN3O3S2. The Morgan fingerprint density at radius 1 is 1.42 bits per heavy atom. The number of anilines is 1. The number of fused-ring (bicyclic) bond motifs is 1. The Bertz CT molecular complexity index is 1330. The fourth-order valence-corrected chi connectivity index (χ4v) is 4.88. The molecule has 0 bridgehead atoms. The van der Waals surface area contributed by atoms with Crippen molar-refractivity contribution in [1.29, 1.82) is 0 Å². The standard InChI is InChI=1S/C21H15ClFN3O3S2/c1-2-7-26-20(28)18-13(16-4-3-8-29-16)10-30-19(18)25-21(26)31-11-17(27)24-12-5-6-15(23)14(22)9-12/h2-6,8-10H,1,7,11H2,(H,24,27). The molecule has 10 heteroatoms. The van der Waals surface area contributed by atoms with E-state index in [0.29, 0.717) is 32.4 Å². The third-order valence-corrected chi connectivity index (χ3v) is 6.43. The molecule has 0 aliphatic heterocycles. The summed E-state index contributed by atoms with van der Waals surface area (Å²) in [5.41, 5.74) is 0.832. The summed E-state index contributed by atoms with van der Waals surface area (Å²) in [5, 5.41) is 5.27. The minimum absolute atomic E-state index is 0.000497. The Kier molecular flexibility index (Phi) is 6.26. The van der Waals surface area contributed by atoms with Gasteiger partial charge in [0.1, 0.15) is 16.4 Å². The summed E-state index contributed by atoms with van der Waals surface area (Å²) in [4.78, 5) is 30.7. The van der Waals surface area contributed by atoms with Crippen molar-refractivity contribution in [3.63, 3.8) is 0 Å². The molecule has 0 aliphatic rings. The van der Waals surface area contributed by atoms with Gasteiger partial charge in [-0.25, -0.2) is 9.37 Å². The van der Waals surface area contributed by atoms with E-state index >= 15 is 0 Å². The molecule has 3 aromatic heterocycles. The van der Waals surface area contributed by atoms with Crippen LogP contribution in [0, 0.1) is 5.82 Å². The lowest BCUT2D eigenvalue weighted by molar-refractivity contribution is -0.113. The highest BCUT2D eigenvalue weighted by atomic mass is 35.5. The summed E-state index contributed by atoms with van der Waals surface area (Å²) in [6, 6.07) is 7.47. The zero-order chi connectivity index (χ0) is 22.0. The fraction of sp³-hybridized carbons (Fsp3) is 0.0952. The molecule has 1 amide bonds. The summed E-state index contributed by atoms with van der Waals surface area (Å²) < 4.78 is 20.2. The topological polar surface area (TPSA) is 77.1 Å². The van der Waals surface area contributed by atoms with Crippen LogP contribution in [0.1, 0.15) is 0 Å². The normalized spacial score (nSPS) is 11.0. The predicted molar refractivity (Wildman–Crippen MR) is 123 cm³/mol. The second kappa shape index (κ2) is 9.09. The quantitative estimate of drug-likeness (QED) is 0.219. The maximum atomic E-state index is 13.3. The maximum Gasteiger partial charge on any atom is 0.263 e. The number of carbonyl (C=O) groups excluding carboxylic acids is 1. The molecule has 0 unspecified atom stereocenters. The lowest BCUT2D eigenvalue weighted by atomic mass is 10.2. The second-order valence-electron chi connectivity index (χ2n) is 6.37. The summed E-state index contributed by atoms with van der Waals surface area (Å²) in [7, 11) is 0. The van der Waals surface area contributed by atoms with E-state index in [1.807, 2.05) is 5.38 Å². The number of thioether (sulfide) groups is 1. The van der Waals surface area contributed by atoms with Gasteiger partial charge in [0.2, 0.25) is 5.91 Å². The number of rotatable bonds is 7. The summed E-state index contributed by atoms with van der Waals surface area (Å²) >= 11 is 8.20. The van der Waals surface area contributed by atoms with Crippen molar-refractivity contribution < 1.29 is 13.6 Å². The zero-order valence-corrected chi connectivity index (χ0v) is 18.3. The lowest BCUT2D eigenvalue weighted by Gasteiger charge is -2.11. The fourth-order valence-electron chi connectivity index (χ4n) is 2.92. The number of nitrogens with zero attached hydrogens (tertiary/aromatic N) is 2. The average molecular weight is 476 g/mol. The number of benzene rings is 1. The number of hydrogen-bond acceptors (Lipinski definition) is 6. The van der Waals surface area contributed by atoms with E-state index in [-0.39, 0.29) is 28.8 Å². The van der Waals surface area contributed by atoms with Gasteiger partial charge in [-0.15, -0.1) is 17.9 Å². The van der Waals surface area contributed by atoms with Gasteiger partial charge in [-0.1, -0.05) is 29.4 Å². The molecular weight excluding hydrogens is 461 g/mol. The number of thiophene rings is 1. The van der Waals surface area contributed by atoms with Crippen LogP contribution in [0.4, 0.5) is 10.1 Å². The van der Waals surface area contributed by atoms with Crippen molar-refractivity contribution in [2.24, 2.45) is 0 Å². The number of allylic oxidation sites excluding steroid dienone is 1. The van der Waals surface area contributed by atoms with Gasteiger partial charge < -0.3 is 9.73 Å². The molecule has 0 radical (unpaired) electrons. The van der Waals surface area contributed by atoms with Gasteiger partial charge >= 0.3 is 0 Å². The van der Waals surface area contributed by atoms with Crippen molar-refractivity contribution in [1.82, 2.24) is 9.55 Å². The van der Waals surface area contributed by atoms with Crippen molar-refractivity contribution in [3.8, 4) is 11.3 Å². The van der Waals surface area contributed by atoms with Crippen LogP contribution < -0.4 is 10.9 Å². The van der Waals surface area contributed by atoms with Crippen molar-refractivity contribution in [3.05, 3.63) is 75.8 Å². The Hall–Kier alpha value is -2.88. The highest BCUT2D eigenvalue weighted by Crippen LogP contribution is 2.32. The first kappa shape index (κ1) is 21.4. The van der Waals surface area contributed by atoms with E-state index in [9.17, 15) is 14.0 Å². The van der Waals surface area contributed by atoms with Gasteiger partial charge in [-0.2, -0.15) is 0 Å². The predicted octanol–water partition coefficient (Wildman–Crippen LogP) is 5.43. The molecule has 3 heterocycles. The molecule has 0 atom stereocenters. The zero-order valence-electron chi connectivity index (χ0n) is 15.9. The molecule has 1 aromatic carbocycles. The first-order chi connectivity index (χ1) is 15.0. The van der Waals surface area contributed by atoms with Crippen molar-refractivity contribution in [2.75, 3.05) is 11.1 Å². The van der Waals surface area contributed by atoms with Gasteiger partial charge in [0, 0.05) is 23.2 Å². The number of hydrogen-bond donors (Lipinski definition) is 1. The SMILES string of the molecule is C=CCn1c(SCC(=O)Nc2ccc(F)c(Cl)c2)nc2scc(-c3ccco3)c2c1=O. The molecule has 0 saturated carbocycles. The molecule has 0 aliphatic carbocycles. The van der Waals surface area contributed by atoms with Crippen LogP contribution in [0.15, 0.2) is 69.0 Å². The first-order valence-electron chi connectivity index (χ1n) is 9.02. The van der Waals surface area contributed by atoms with Crippen molar-refractivity contribution >= 4 is 56.5 Å². The van der Waals surface area contributed by atoms with Gasteiger partial charge in [-0.3, -0.25) is 14.2 Å². The van der Waals surface area contributed by atoms with E-state index in [1.165, 1.54) is 34.1 Å². The highest BCUT2D eigenvalue weighted by molar-refractivity contribution is 7.99. The molecule has 4 aromatic rings. The Morgan fingerprint density at radius 3 is 2.97 bits per heavy atom. The van der Waals surface area contributed by atoms with E-state index in [4.69, 9.17) is 16.0 Å². The number of nitrogens with one attached hydrogen (secondary N) is 1. The number of amides is 1. The molecule has 0 spiro atoms. The average Bonchev–Trinajstić information content (AvgIpc) is 3.41. The molecule has 4 rings (SSSR count). The smallest absolute Gasteiger partial charge is 0.263 e. The minimum atomic E-state index is -0.565. The first-order valence-corrected chi connectivity index (χ1v) is 11.3. The molecule has 6 nitrogen and oxygen atoms in total. The number of aromatic nitrogens is 2. The van der Waals surface area contributed by atoms with Crippen LogP contribution in [0.25, 0.3) is 21.5 Å². The van der Waals surface area contributed by atoms with Crippen LogP contribution in [0.5, 0.6) is 0 Å². The third kappa shape index (κ3) is 4.43. The monoisotopic (exact) mass is 475 g/mol. The molecule has 0 fully saturated rings. The van der Waals surface area contributed by atoms with Crippen molar-refractivity contribution in [2.45, 2.75) is 11.7 Å². The highest BCUT2D eigenvalue weighted by Gasteiger charge is 2.19. The minimum Gasteiger partial charge on any atom is -0.464 e. The second-order valence-corrected chi connectivity index (χ2v) is 8.58. The Labute approximate surface area is 189 Å². The number of furan rings is 1. The molecule has 158 valence electrons. The van der Waals surface area contributed by atoms with E-state index < -0.39 is 5.82 Å². The summed E-state index contributed by atoms with van der Waals surface area (Å²) in [6.45, 7) is 3.95.